The Morgan fingerprint density at radius 1 is 1.00 bits per heavy atom. The maximum atomic E-state index is 4.71. The van der Waals surface area contributed by atoms with Crippen LogP contribution in [0.3, 0.4) is 0 Å². The molecule has 134 valence electrons. The third-order valence-corrected chi connectivity index (χ3v) is 4.34. The van der Waals surface area contributed by atoms with Crippen LogP contribution < -0.4 is 15.1 Å². The quantitative estimate of drug-likeness (QED) is 0.776. The Kier molecular flexibility index (Phi) is 5.98. The van der Waals surface area contributed by atoms with Gasteiger partial charge < -0.3 is 15.1 Å². The van der Waals surface area contributed by atoms with Gasteiger partial charge >= 0.3 is 0 Å². The maximum absolute atomic E-state index is 4.71. The molecule has 1 fully saturated rings. The fraction of sp³-hybridized carbons (Fsp3) is 0.556. The van der Waals surface area contributed by atoms with Crippen molar-refractivity contribution in [2.24, 2.45) is 0 Å². The van der Waals surface area contributed by atoms with Gasteiger partial charge in [0.05, 0.1) is 0 Å². The molecule has 0 amide bonds. The van der Waals surface area contributed by atoms with Crippen molar-refractivity contribution in [2.45, 2.75) is 33.1 Å². The van der Waals surface area contributed by atoms with Crippen LogP contribution in [0, 0.1) is 6.92 Å². The second kappa shape index (κ2) is 8.60. The van der Waals surface area contributed by atoms with E-state index in [-0.39, 0.29) is 0 Å². The molecule has 2 aromatic rings. The van der Waals surface area contributed by atoms with E-state index in [0.717, 1.165) is 62.6 Å². The van der Waals surface area contributed by atoms with E-state index in [1.165, 1.54) is 12.8 Å². The van der Waals surface area contributed by atoms with Crippen LogP contribution in [0.25, 0.3) is 0 Å². The summed E-state index contributed by atoms with van der Waals surface area (Å²) < 4.78 is 0. The standard InChI is InChI=1S/C18H27N7/c1-3-4-5-7-19-17-22-15(2)14-16(23-17)24-10-12-25(13-11-24)18-20-8-6-9-21-18/h6,8-9,14H,3-5,7,10-13H2,1-2H3,(H,19,22,23). The molecule has 3 rings (SSSR count). The van der Waals surface area contributed by atoms with Gasteiger partial charge in [-0.15, -0.1) is 0 Å². The molecule has 7 nitrogen and oxygen atoms in total. The summed E-state index contributed by atoms with van der Waals surface area (Å²) >= 11 is 0. The normalized spacial score (nSPS) is 14.6. The lowest BCUT2D eigenvalue weighted by Gasteiger charge is -2.35. The fourth-order valence-electron chi connectivity index (χ4n) is 2.96. The number of piperazine rings is 1. The van der Waals surface area contributed by atoms with Crippen LogP contribution in [-0.2, 0) is 0 Å². The van der Waals surface area contributed by atoms with Gasteiger partial charge in [0.15, 0.2) is 0 Å². The minimum Gasteiger partial charge on any atom is -0.354 e. The Morgan fingerprint density at radius 3 is 2.44 bits per heavy atom. The summed E-state index contributed by atoms with van der Waals surface area (Å²) in [6.45, 7) is 8.76. The zero-order chi connectivity index (χ0) is 17.5. The highest BCUT2D eigenvalue weighted by Crippen LogP contribution is 2.18. The summed E-state index contributed by atoms with van der Waals surface area (Å²) in [6.07, 6.45) is 7.18. The van der Waals surface area contributed by atoms with Crippen molar-refractivity contribution in [1.82, 2.24) is 19.9 Å². The second-order valence-corrected chi connectivity index (χ2v) is 6.35. The molecule has 0 unspecified atom stereocenters. The van der Waals surface area contributed by atoms with Gasteiger partial charge in [-0.05, 0) is 19.4 Å². The van der Waals surface area contributed by atoms with Crippen molar-refractivity contribution in [3.8, 4) is 0 Å². The lowest BCUT2D eigenvalue weighted by Crippen LogP contribution is -2.47. The number of rotatable bonds is 7. The van der Waals surface area contributed by atoms with Crippen LogP contribution in [0.15, 0.2) is 24.5 Å². The van der Waals surface area contributed by atoms with Gasteiger partial charge in [0.25, 0.3) is 0 Å². The Bertz CT molecular complexity index is 654. The van der Waals surface area contributed by atoms with Crippen molar-refractivity contribution in [1.29, 1.82) is 0 Å². The summed E-state index contributed by atoms with van der Waals surface area (Å²) in [5.74, 6) is 2.54. The molecule has 1 aliphatic heterocycles. The third kappa shape index (κ3) is 4.78. The molecule has 0 aromatic carbocycles. The van der Waals surface area contributed by atoms with Crippen molar-refractivity contribution in [3.05, 3.63) is 30.2 Å². The molecule has 1 aliphatic rings. The lowest BCUT2D eigenvalue weighted by atomic mass is 10.2. The van der Waals surface area contributed by atoms with Gasteiger partial charge in [-0.25, -0.2) is 15.0 Å². The van der Waals surface area contributed by atoms with Gasteiger partial charge in [0.1, 0.15) is 5.82 Å². The summed E-state index contributed by atoms with van der Waals surface area (Å²) in [5.41, 5.74) is 0.997. The number of aryl methyl sites for hydroxylation is 1. The van der Waals surface area contributed by atoms with Crippen LogP contribution in [0.2, 0.25) is 0 Å². The van der Waals surface area contributed by atoms with E-state index in [9.17, 15) is 0 Å². The Hall–Kier alpha value is -2.44. The van der Waals surface area contributed by atoms with Crippen molar-refractivity contribution >= 4 is 17.7 Å². The molecule has 0 spiro atoms. The highest BCUT2D eigenvalue weighted by Gasteiger charge is 2.20. The van der Waals surface area contributed by atoms with Gasteiger partial charge in [-0.2, -0.15) is 4.98 Å². The van der Waals surface area contributed by atoms with E-state index in [2.05, 4.69) is 43.1 Å². The van der Waals surface area contributed by atoms with Crippen molar-refractivity contribution in [3.63, 3.8) is 0 Å². The molecule has 1 saturated heterocycles. The molecule has 0 aliphatic carbocycles. The topological polar surface area (TPSA) is 70.1 Å². The van der Waals surface area contributed by atoms with Gasteiger partial charge in [0.2, 0.25) is 11.9 Å². The Balaban J connectivity index is 1.60. The maximum Gasteiger partial charge on any atom is 0.225 e. The van der Waals surface area contributed by atoms with Crippen LogP contribution in [0.5, 0.6) is 0 Å². The first kappa shape index (κ1) is 17.4. The third-order valence-electron chi connectivity index (χ3n) is 4.34. The van der Waals surface area contributed by atoms with E-state index in [0.29, 0.717) is 0 Å². The first-order valence-corrected chi connectivity index (χ1v) is 9.12. The zero-order valence-corrected chi connectivity index (χ0v) is 15.1. The van der Waals surface area contributed by atoms with Gasteiger partial charge in [-0.1, -0.05) is 19.8 Å². The number of nitrogens with zero attached hydrogens (tertiary/aromatic N) is 6. The lowest BCUT2D eigenvalue weighted by molar-refractivity contribution is 0.633. The average Bonchev–Trinajstić information content (AvgIpc) is 2.66. The number of hydrogen-bond acceptors (Lipinski definition) is 7. The Labute approximate surface area is 149 Å². The molecule has 0 saturated carbocycles. The minimum absolute atomic E-state index is 0.736. The molecule has 0 atom stereocenters. The monoisotopic (exact) mass is 341 g/mol. The number of nitrogens with one attached hydrogen (secondary N) is 1. The van der Waals surface area contributed by atoms with Crippen molar-refractivity contribution < 1.29 is 0 Å². The molecule has 25 heavy (non-hydrogen) atoms. The number of unbranched alkanes of at least 4 members (excludes halogenated alkanes) is 2. The summed E-state index contributed by atoms with van der Waals surface area (Å²) in [5, 5.41) is 3.36. The van der Waals surface area contributed by atoms with Gasteiger partial charge in [-0.3, -0.25) is 0 Å². The number of aromatic nitrogens is 4. The summed E-state index contributed by atoms with van der Waals surface area (Å²) in [4.78, 5) is 22.4. The van der Waals surface area contributed by atoms with Crippen LogP contribution in [0.1, 0.15) is 31.9 Å². The minimum atomic E-state index is 0.736. The molecule has 7 heteroatoms. The summed E-state index contributed by atoms with van der Waals surface area (Å²) in [7, 11) is 0. The predicted molar refractivity (Wildman–Crippen MR) is 101 cm³/mol. The highest BCUT2D eigenvalue weighted by molar-refractivity contribution is 5.46. The zero-order valence-electron chi connectivity index (χ0n) is 15.1. The summed E-state index contributed by atoms with van der Waals surface area (Å²) in [6, 6.07) is 3.91. The van der Waals surface area contributed by atoms with E-state index < -0.39 is 0 Å². The first-order valence-electron chi connectivity index (χ1n) is 9.12. The van der Waals surface area contributed by atoms with E-state index >= 15 is 0 Å². The number of hydrogen-bond donors (Lipinski definition) is 1. The molecule has 3 heterocycles. The first-order chi connectivity index (χ1) is 12.3. The fourth-order valence-corrected chi connectivity index (χ4v) is 2.96. The average molecular weight is 341 g/mol. The molecule has 1 N–H and O–H groups in total. The molecule has 2 aromatic heterocycles. The second-order valence-electron chi connectivity index (χ2n) is 6.35. The highest BCUT2D eigenvalue weighted by atomic mass is 15.3. The van der Waals surface area contributed by atoms with E-state index in [1.807, 2.05) is 13.0 Å². The van der Waals surface area contributed by atoms with Crippen LogP contribution >= 0.6 is 0 Å². The molecule has 0 bridgehead atoms. The van der Waals surface area contributed by atoms with Crippen molar-refractivity contribution in [2.75, 3.05) is 47.8 Å². The number of anilines is 3. The SMILES string of the molecule is CCCCCNc1nc(C)cc(N2CCN(c3ncccn3)CC2)n1. The van der Waals surface area contributed by atoms with E-state index in [1.54, 1.807) is 12.4 Å². The van der Waals surface area contributed by atoms with E-state index in [4.69, 9.17) is 4.98 Å². The Morgan fingerprint density at radius 2 is 1.72 bits per heavy atom. The molecule has 0 radical (unpaired) electrons. The molecular formula is C18H27N7. The van der Waals surface area contributed by atoms with Gasteiger partial charge in [0, 0.05) is 56.9 Å². The predicted octanol–water partition coefficient (Wildman–Crippen LogP) is 2.50. The largest absolute Gasteiger partial charge is 0.354 e. The smallest absolute Gasteiger partial charge is 0.225 e. The molecular weight excluding hydrogens is 314 g/mol. The van der Waals surface area contributed by atoms with Crippen LogP contribution in [-0.4, -0.2) is 52.7 Å². The van der Waals surface area contributed by atoms with Crippen LogP contribution in [0.4, 0.5) is 17.7 Å².